The zero-order valence-corrected chi connectivity index (χ0v) is 12.4. The molecule has 0 bridgehead atoms. The molecule has 0 rings (SSSR count). The Kier molecular flexibility index (Phi) is 9.67. The van der Waals surface area contributed by atoms with Crippen molar-refractivity contribution in [3.63, 3.8) is 0 Å². The largest absolute Gasteiger partial charge is 0.478 e. The number of carbonyl (C=O) groups is 2. The molecule has 0 aromatic heterocycles. The Morgan fingerprint density at radius 2 is 1.55 bits per heavy atom. The van der Waals surface area contributed by atoms with Crippen LogP contribution in [0.5, 0.6) is 0 Å². The van der Waals surface area contributed by atoms with Crippen LogP contribution in [-0.2, 0) is 23.8 Å². The molecular formula is C14H24O6. The van der Waals surface area contributed by atoms with E-state index in [1.165, 1.54) is 6.92 Å². The molecule has 0 atom stereocenters. The molecule has 0 saturated carbocycles. The molecule has 20 heavy (non-hydrogen) atoms. The minimum absolute atomic E-state index is 0.398. The lowest BCUT2D eigenvalue weighted by atomic mass is 10.3. The maximum Gasteiger partial charge on any atom is 0.335 e. The topological polar surface area (TPSA) is 82.1 Å². The third kappa shape index (κ3) is 9.52. The van der Waals surface area contributed by atoms with E-state index in [0.29, 0.717) is 19.3 Å². The molecule has 0 aromatic rings. The summed E-state index contributed by atoms with van der Waals surface area (Å²) in [6.45, 7) is 6.33. The van der Waals surface area contributed by atoms with E-state index >= 15 is 0 Å². The maximum atomic E-state index is 11.5. The van der Waals surface area contributed by atoms with E-state index in [1.807, 2.05) is 13.8 Å². The molecule has 0 amide bonds. The molecule has 6 heteroatoms. The average Bonchev–Trinajstić information content (AvgIpc) is 2.37. The second-order valence-electron chi connectivity index (χ2n) is 4.36. The molecule has 0 aliphatic rings. The summed E-state index contributed by atoms with van der Waals surface area (Å²) in [5.74, 6) is -3.52. The van der Waals surface area contributed by atoms with Crippen molar-refractivity contribution < 1.29 is 28.9 Å². The second kappa shape index (κ2) is 10.4. The molecule has 0 aromatic carbocycles. The molecule has 0 aliphatic heterocycles. The van der Waals surface area contributed by atoms with E-state index in [4.69, 9.17) is 19.3 Å². The van der Waals surface area contributed by atoms with Gasteiger partial charge in [-0.2, -0.15) is 0 Å². The number of rotatable bonds is 11. The number of unbranched alkanes of at least 4 members (excludes halogenated alkanes) is 2. The standard InChI is InChI=1S/C14H24O6/c1-4-6-10-18-14(3,19-11-7-5-2)20-13(17)9-8-12(15)16/h8-9H,4-7,10-11H2,1-3H3,(H,15,16). The Morgan fingerprint density at radius 1 is 1.05 bits per heavy atom. The highest BCUT2D eigenvalue weighted by atomic mass is 16.9. The van der Waals surface area contributed by atoms with Crippen molar-refractivity contribution in [3.8, 4) is 0 Å². The minimum atomic E-state index is -1.48. The van der Waals surface area contributed by atoms with Crippen LogP contribution in [0.3, 0.4) is 0 Å². The van der Waals surface area contributed by atoms with E-state index in [1.54, 1.807) is 0 Å². The van der Waals surface area contributed by atoms with E-state index in [2.05, 4.69) is 0 Å². The lowest BCUT2D eigenvalue weighted by molar-refractivity contribution is -0.351. The minimum Gasteiger partial charge on any atom is -0.478 e. The first kappa shape index (κ1) is 18.6. The van der Waals surface area contributed by atoms with Crippen molar-refractivity contribution in [3.05, 3.63) is 12.2 Å². The molecule has 0 saturated heterocycles. The smallest absolute Gasteiger partial charge is 0.335 e. The summed E-state index contributed by atoms with van der Waals surface area (Å²) in [4.78, 5) is 21.8. The summed E-state index contributed by atoms with van der Waals surface area (Å²) in [6, 6.07) is 0. The second-order valence-corrected chi connectivity index (χ2v) is 4.36. The normalized spacial score (nSPS) is 11.8. The summed E-state index contributed by atoms with van der Waals surface area (Å²) < 4.78 is 15.9. The number of carbonyl (C=O) groups excluding carboxylic acids is 1. The van der Waals surface area contributed by atoms with E-state index in [9.17, 15) is 9.59 Å². The zero-order valence-electron chi connectivity index (χ0n) is 12.4. The summed E-state index contributed by atoms with van der Waals surface area (Å²) in [5, 5.41) is 8.45. The van der Waals surface area contributed by atoms with Gasteiger partial charge in [0.2, 0.25) is 0 Å². The average molecular weight is 288 g/mol. The Morgan fingerprint density at radius 3 is 1.95 bits per heavy atom. The van der Waals surface area contributed by atoms with Crippen LogP contribution in [0, 0.1) is 0 Å². The van der Waals surface area contributed by atoms with E-state index in [0.717, 1.165) is 31.8 Å². The Balaban J connectivity index is 4.48. The molecule has 0 fully saturated rings. The van der Waals surface area contributed by atoms with Crippen molar-refractivity contribution >= 4 is 11.9 Å². The van der Waals surface area contributed by atoms with Crippen LogP contribution in [-0.4, -0.2) is 36.2 Å². The predicted octanol–water partition coefficient (Wildman–Crippen LogP) is 2.48. The molecule has 1 N–H and O–H groups in total. The lowest BCUT2D eigenvalue weighted by Gasteiger charge is -2.28. The zero-order chi connectivity index (χ0) is 15.4. The maximum absolute atomic E-state index is 11.5. The Bertz CT molecular complexity index is 314. The van der Waals surface area contributed by atoms with Gasteiger partial charge < -0.3 is 19.3 Å². The van der Waals surface area contributed by atoms with Crippen LogP contribution in [0.25, 0.3) is 0 Å². The van der Waals surface area contributed by atoms with Gasteiger partial charge in [0.1, 0.15) is 0 Å². The fourth-order valence-electron chi connectivity index (χ4n) is 1.26. The number of hydrogen-bond donors (Lipinski definition) is 1. The van der Waals surface area contributed by atoms with Crippen LogP contribution in [0.2, 0.25) is 0 Å². The van der Waals surface area contributed by atoms with Gasteiger partial charge in [-0.1, -0.05) is 26.7 Å². The highest BCUT2D eigenvalue weighted by molar-refractivity contribution is 5.90. The van der Waals surface area contributed by atoms with Gasteiger partial charge >= 0.3 is 17.9 Å². The molecule has 6 nitrogen and oxygen atoms in total. The molecule has 0 aliphatic carbocycles. The third-order valence-corrected chi connectivity index (χ3v) is 2.37. The summed E-state index contributed by atoms with van der Waals surface area (Å²) >= 11 is 0. The Labute approximate surface area is 119 Å². The van der Waals surface area contributed by atoms with Gasteiger partial charge in [-0.25, -0.2) is 9.59 Å². The molecule has 0 unspecified atom stereocenters. The molecule has 116 valence electrons. The van der Waals surface area contributed by atoms with Gasteiger partial charge in [-0.05, 0) is 12.8 Å². The van der Waals surface area contributed by atoms with Gasteiger partial charge in [0.15, 0.2) is 0 Å². The van der Waals surface area contributed by atoms with Crippen molar-refractivity contribution in [2.24, 2.45) is 0 Å². The fraction of sp³-hybridized carbons (Fsp3) is 0.714. The van der Waals surface area contributed by atoms with Gasteiger partial charge in [-0.3, -0.25) is 0 Å². The van der Waals surface area contributed by atoms with Crippen LogP contribution in [0.1, 0.15) is 46.5 Å². The molecule has 0 spiro atoms. The van der Waals surface area contributed by atoms with E-state index in [-0.39, 0.29) is 0 Å². The Hall–Kier alpha value is -1.40. The van der Waals surface area contributed by atoms with Crippen molar-refractivity contribution in [2.75, 3.05) is 13.2 Å². The first-order valence-corrected chi connectivity index (χ1v) is 6.85. The first-order valence-electron chi connectivity index (χ1n) is 6.85. The van der Waals surface area contributed by atoms with Crippen LogP contribution >= 0.6 is 0 Å². The first-order chi connectivity index (χ1) is 9.43. The van der Waals surface area contributed by atoms with Gasteiger partial charge in [-0.15, -0.1) is 0 Å². The summed E-state index contributed by atoms with van der Waals surface area (Å²) in [5.41, 5.74) is 0. The van der Waals surface area contributed by atoms with E-state index < -0.39 is 17.9 Å². The van der Waals surface area contributed by atoms with Crippen molar-refractivity contribution in [1.29, 1.82) is 0 Å². The fourth-order valence-corrected chi connectivity index (χ4v) is 1.26. The van der Waals surface area contributed by atoms with Gasteiger partial charge in [0.05, 0.1) is 13.2 Å². The molecule has 0 radical (unpaired) electrons. The lowest BCUT2D eigenvalue weighted by Crippen LogP contribution is -2.38. The van der Waals surface area contributed by atoms with Crippen molar-refractivity contribution in [2.45, 2.75) is 52.4 Å². The highest BCUT2D eigenvalue weighted by Crippen LogP contribution is 2.17. The quantitative estimate of drug-likeness (QED) is 0.272. The number of aliphatic carboxylic acids is 1. The highest BCUT2D eigenvalue weighted by Gasteiger charge is 2.30. The predicted molar refractivity (Wildman–Crippen MR) is 73.0 cm³/mol. The monoisotopic (exact) mass is 288 g/mol. The SMILES string of the molecule is CCCCOC(C)(OCCCC)OC(=O)C=CC(=O)O. The third-order valence-electron chi connectivity index (χ3n) is 2.37. The number of carboxylic acid groups (broad SMARTS) is 1. The van der Waals surface area contributed by atoms with Crippen molar-refractivity contribution in [1.82, 2.24) is 0 Å². The molecule has 0 heterocycles. The van der Waals surface area contributed by atoms with Crippen LogP contribution in [0.15, 0.2) is 12.2 Å². The number of hydrogen-bond acceptors (Lipinski definition) is 5. The summed E-state index contributed by atoms with van der Waals surface area (Å²) in [6.07, 6.45) is 5.05. The summed E-state index contributed by atoms with van der Waals surface area (Å²) in [7, 11) is 0. The van der Waals surface area contributed by atoms with Crippen LogP contribution < -0.4 is 0 Å². The molecular weight excluding hydrogens is 264 g/mol. The number of carboxylic acids is 1. The van der Waals surface area contributed by atoms with Crippen LogP contribution in [0.4, 0.5) is 0 Å². The van der Waals surface area contributed by atoms with Gasteiger partial charge in [0, 0.05) is 19.1 Å². The number of esters is 1. The van der Waals surface area contributed by atoms with Gasteiger partial charge in [0.25, 0.3) is 0 Å². The number of ether oxygens (including phenoxy) is 3.